The van der Waals surface area contributed by atoms with Crippen molar-refractivity contribution in [3.05, 3.63) is 97.2 Å². The van der Waals surface area contributed by atoms with Gasteiger partial charge in [-0.15, -0.1) is 0 Å². The minimum atomic E-state index is -4.38. The summed E-state index contributed by atoms with van der Waals surface area (Å²) in [6, 6.07) is 0. The van der Waals surface area contributed by atoms with Crippen molar-refractivity contribution in [3.8, 4) is 0 Å². The number of unbranched alkanes of at least 4 members (excludes halogenated alkanes) is 8. The van der Waals surface area contributed by atoms with E-state index < -0.39 is 32.5 Å². The third kappa shape index (κ3) is 40.6. The van der Waals surface area contributed by atoms with E-state index in [1.54, 1.807) is 7.05 Å². The van der Waals surface area contributed by atoms with Crippen molar-refractivity contribution in [3.63, 3.8) is 0 Å². The Bertz CT molecular complexity index is 1230. The molecule has 0 fully saturated rings. The molecule has 0 heterocycles. The van der Waals surface area contributed by atoms with Gasteiger partial charge in [-0.3, -0.25) is 18.6 Å². The Labute approximate surface area is 340 Å². The summed E-state index contributed by atoms with van der Waals surface area (Å²) < 4.78 is 33.1. The average molecular weight is 802 g/mol. The minimum Gasteiger partial charge on any atom is -0.462 e. The zero-order valence-corrected chi connectivity index (χ0v) is 35.9. The average Bonchev–Trinajstić information content (AvgIpc) is 3.18. The van der Waals surface area contributed by atoms with E-state index in [4.69, 9.17) is 18.5 Å². The first kappa shape index (κ1) is 52.9. The van der Waals surface area contributed by atoms with Crippen LogP contribution in [0.15, 0.2) is 97.2 Å². The molecule has 0 aromatic rings. The van der Waals surface area contributed by atoms with Crippen LogP contribution in [0.25, 0.3) is 0 Å². The number of phosphoric acid groups is 1. The fourth-order valence-electron chi connectivity index (χ4n) is 5.02. The molecule has 10 heteroatoms. The summed E-state index contributed by atoms with van der Waals surface area (Å²) in [5, 5.41) is 2.81. The smallest absolute Gasteiger partial charge is 0.462 e. The topological polar surface area (TPSA) is 120 Å². The number of carbonyl (C=O) groups is 2. The molecule has 0 aliphatic rings. The summed E-state index contributed by atoms with van der Waals surface area (Å²) in [5.74, 6) is -0.932. The van der Waals surface area contributed by atoms with E-state index in [9.17, 15) is 19.0 Å². The molecular formula is C46H76NO8P. The highest BCUT2D eigenvalue weighted by Crippen LogP contribution is 2.43. The molecule has 2 unspecified atom stereocenters. The van der Waals surface area contributed by atoms with Crippen LogP contribution in [0, 0.1) is 0 Å². The van der Waals surface area contributed by atoms with Crippen molar-refractivity contribution >= 4 is 19.8 Å². The molecule has 0 aromatic carbocycles. The van der Waals surface area contributed by atoms with Gasteiger partial charge in [0, 0.05) is 19.4 Å². The van der Waals surface area contributed by atoms with E-state index in [1.165, 1.54) is 25.7 Å². The van der Waals surface area contributed by atoms with Crippen molar-refractivity contribution in [2.24, 2.45) is 0 Å². The summed E-state index contributed by atoms with van der Waals surface area (Å²) >= 11 is 0. The number of allylic oxidation sites excluding steroid dienone is 16. The zero-order valence-electron chi connectivity index (χ0n) is 35.0. The van der Waals surface area contributed by atoms with Gasteiger partial charge in [-0.2, -0.15) is 0 Å². The monoisotopic (exact) mass is 802 g/mol. The maximum atomic E-state index is 12.6. The largest absolute Gasteiger partial charge is 0.472 e. The predicted molar refractivity (Wildman–Crippen MR) is 233 cm³/mol. The Hall–Kier alpha value is -3.07. The molecule has 9 nitrogen and oxygen atoms in total. The van der Waals surface area contributed by atoms with Crippen LogP contribution in [0.5, 0.6) is 0 Å². The fourth-order valence-corrected chi connectivity index (χ4v) is 5.77. The van der Waals surface area contributed by atoms with Crippen molar-refractivity contribution in [2.45, 2.75) is 148 Å². The van der Waals surface area contributed by atoms with Crippen LogP contribution in [0.2, 0.25) is 0 Å². The lowest BCUT2D eigenvalue weighted by Gasteiger charge is -2.19. The molecule has 0 radical (unpaired) electrons. The van der Waals surface area contributed by atoms with Gasteiger partial charge in [-0.05, 0) is 90.5 Å². The number of hydrogen-bond donors (Lipinski definition) is 2. The number of carbonyl (C=O) groups excluding carboxylic acids is 2. The first-order valence-electron chi connectivity index (χ1n) is 21.2. The molecule has 0 aromatic heterocycles. The van der Waals surface area contributed by atoms with E-state index in [0.717, 1.165) is 77.0 Å². The number of rotatable bonds is 38. The Morgan fingerprint density at radius 3 is 1.59 bits per heavy atom. The number of likely N-dealkylation sites (N-methyl/N-ethyl adjacent to an activating group) is 1. The van der Waals surface area contributed by atoms with Gasteiger partial charge < -0.3 is 19.7 Å². The summed E-state index contributed by atoms with van der Waals surface area (Å²) in [6.45, 7) is 3.95. The van der Waals surface area contributed by atoms with Crippen LogP contribution in [0.4, 0.5) is 0 Å². The predicted octanol–water partition coefficient (Wildman–Crippen LogP) is 12.1. The molecule has 0 aliphatic carbocycles. The number of esters is 2. The quantitative estimate of drug-likeness (QED) is 0.0272. The van der Waals surface area contributed by atoms with E-state index in [-0.39, 0.29) is 26.1 Å². The normalized spacial score (nSPS) is 14.3. The van der Waals surface area contributed by atoms with Gasteiger partial charge in [0.1, 0.15) is 6.61 Å². The third-order valence-electron chi connectivity index (χ3n) is 8.20. The summed E-state index contributed by atoms with van der Waals surface area (Å²) in [7, 11) is -2.69. The molecule has 0 bridgehead atoms. The molecule has 0 saturated heterocycles. The van der Waals surface area contributed by atoms with Crippen LogP contribution in [0.3, 0.4) is 0 Å². The molecule has 0 amide bonds. The Morgan fingerprint density at radius 2 is 1.05 bits per heavy atom. The van der Waals surface area contributed by atoms with Crippen LogP contribution in [0.1, 0.15) is 142 Å². The van der Waals surface area contributed by atoms with Gasteiger partial charge in [-0.1, -0.05) is 143 Å². The Morgan fingerprint density at radius 1 is 0.571 bits per heavy atom. The van der Waals surface area contributed by atoms with Crippen molar-refractivity contribution < 1.29 is 37.6 Å². The number of nitrogens with one attached hydrogen (secondary N) is 1. The van der Waals surface area contributed by atoms with Crippen molar-refractivity contribution in [1.82, 2.24) is 5.32 Å². The molecule has 0 aliphatic heterocycles. The van der Waals surface area contributed by atoms with Gasteiger partial charge in [0.2, 0.25) is 0 Å². The molecule has 318 valence electrons. The lowest BCUT2D eigenvalue weighted by atomic mass is 10.1. The number of hydrogen-bond acceptors (Lipinski definition) is 8. The highest BCUT2D eigenvalue weighted by molar-refractivity contribution is 7.47. The lowest BCUT2D eigenvalue weighted by Crippen LogP contribution is -2.29. The highest BCUT2D eigenvalue weighted by atomic mass is 31.2. The van der Waals surface area contributed by atoms with Crippen molar-refractivity contribution in [1.29, 1.82) is 0 Å². The SMILES string of the molecule is CC/C=C\C/C=C\C/C=C\C/C=C\C/C=C\C/C=C\CCC(=O)OC(COC(=O)CCCCCCC/C=C\C/C=C\CCCCC)COP(=O)(O)OCCNC. The van der Waals surface area contributed by atoms with Crippen LogP contribution in [-0.4, -0.2) is 56.3 Å². The maximum Gasteiger partial charge on any atom is 0.472 e. The van der Waals surface area contributed by atoms with Gasteiger partial charge >= 0.3 is 19.8 Å². The van der Waals surface area contributed by atoms with Crippen LogP contribution < -0.4 is 5.32 Å². The minimum absolute atomic E-state index is 0.0385. The number of ether oxygens (including phenoxy) is 2. The summed E-state index contributed by atoms with van der Waals surface area (Å²) in [5.41, 5.74) is 0. The molecule has 2 atom stereocenters. The molecule has 56 heavy (non-hydrogen) atoms. The van der Waals surface area contributed by atoms with Crippen LogP contribution >= 0.6 is 7.82 Å². The Kier molecular flexibility index (Phi) is 39.3. The van der Waals surface area contributed by atoms with E-state index in [0.29, 0.717) is 19.4 Å². The highest BCUT2D eigenvalue weighted by Gasteiger charge is 2.26. The zero-order chi connectivity index (χ0) is 41.1. The third-order valence-corrected chi connectivity index (χ3v) is 9.19. The fraction of sp³-hybridized carbons (Fsp3) is 0.609. The second-order valence-corrected chi connectivity index (χ2v) is 14.9. The molecule has 2 N–H and O–H groups in total. The van der Waals surface area contributed by atoms with Crippen LogP contribution in [-0.2, 0) is 32.7 Å². The molecule has 0 saturated carbocycles. The number of phosphoric ester groups is 1. The van der Waals surface area contributed by atoms with E-state index in [2.05, 4.69) is 104 Å². The Balaban J connectivity index is 4.42. The van der Waals surface area contributed by atoms with Gasteiger partial charge in [0.15, 0.2) is 6.10 Å². The van der Waals surface area contributed by atoms with E-state index >= 15 is 0 Å². The second-order valence-electron chi connectivity index (χ2n) is 13.4. The molecular weight excluding hydrogens is 725 g/mol. The molecule has 0 spiro atoms. The van der Waals surface area contributed by atoms with Gasteiger partial charge in [0.25, 0.3) is 0 Å². The van der Waals surface area contributed by atoms with Gasteiger partial charge in [0.05, 0.1) is 13.2 Å². The lowest BCUT2D eigenvalue weighted by molar-refractivity contribution is -0.161. The summed E-state index contributed by atoms with van der Waals surface area (Å²) in [4.78, 5) is 35.0. The second kappa shape index (κ2) is 41.6. The van der Waals surface area contributed by atoms with Crippen molar-refractivity contribution in [2.75, 3.05) is 33.4 Å². The van der Waals surface area contributed by atoms with E-state index in [1.807, 2.05) is 12.2 Å². The first-order chi connectivity index (χ1) is 27.3. The first-order valence-corrected chi connectivity index (χ1v) is 22.7. The standard InChI is InChI=1S/C46H76NO8P/c1-4-6-8-10-12-14-16-18-20-21-22-23-25-27-29-31-33-35-37-39-46(49)55-44(43-54-56(50,51)53-41-40-47-3)42-52-45(48)38-36-34-32-30-28-26-24-19-17-15-13-11-9-7-5-2/h6,8,12-15,18-20,22-24,27,29,33,35,44,47H,4-5,7,9-11,16-17,21,25-26,28,30-32,34,36-43H2,1-3H3,(H,50,51)/b8-6-,14-12-,15-13-,20-18-,23-22-,24-19-,29-27-,35-33-. The summed E-state index contributed by atoms with van der Waals surface area (Å²) in [6.07, 6.45) is 51.8. The molecule has 0 rings (SSSR count). The maximum absolute atomic E-state index is 12.6. The van der Waals surface area contributed by atoms with Gasteiger partial charge in [-0.25, -0.2) is 4.57 Å².